The maximum absolute atomic E-state index is 5.35. The summed E-state index contributed by atoms with van der Waals surface area (Å²) in [6.07, 6.45) is 1.70. The molecule has 0 fully saturated rings. The van der Waals surface area contributed by atoms with Crippen molar-refractivity contribution < 1.29 is 9.47 Å². The number of aromatic nitrogens is 1. The van der Waals surface area contributed by atoms with Crippen molar-refractivity contribution in [3.8, 4) is 11.5 Å². The third-order valence-corrected chi connectivity index (χ3v) is 3.97. The number of hydrogen-bond donors (Lipinski definition) is 1. The summed E-state index contributed by atoms with van der Waals surface area (Å²) in [4.78, 5) is 4.66. The number of ether oxygens (including phenoxy) is 2. The molecular weight excluding hydrogens is 314 g/mol. The second-order valence-electron chi connectivity index (χ2n) is 5.83. The Kier molecular flexibility index (Phi) is 4.84. The normalized spacial score (nSPS) is 11.0. The summed E-state index contributed by atoms with van der Waals surface area (Å²) in [5.41, 5.74) is 7.01. The zero-order valence-electron chi connectivity index (χ0n) is 14.8. The number of hydrazone groups is 1. The average Bonchev–Trinajstić information content (AvgIpc) is 2.62. The molecule has 2 aromatic carbocycles. The minimum Gasteiger partial charge on any atom is -0.497 e. The number of methoxy groups -OCH3 is 2. The van der Waals surface area contributed by atoms with Crippen molar-refractivity contribution in [3.05, 3.63) is 59.2 Å². The number of hydrogen-bond acceptors (Lipinski definition) is 5. The van der Waals surface area contributed by atoms with Crippen molar-refractivity contribution in [2.75, 3.05) is 19.6 Å². The average molecular weight is 335 g/mol. The first kappa shape index (κ1) is 16.8. The molecule has 0 aliphatic rings. The molecule has 0 spiro atoms. The highest BCUT2D eigenvalue weighted by molar-refractivity contribution is 5.85. The van der Waals surface area contributed by atoms with Gasteiger partial charge in [-0.3, -0.25) is 5.43 Å². The number of aryl methyl sites for hydroxylation is 2. The van der Waals surface area contributed by atoms with Crippen molar-refractivity contribution in [1.29, 1.82) is 0 Å². The van der Waals surface area contributed by atoms with Gasteiger partial charge in [-0.05, 0) is 55.3 Å². The highest BCUT2D eigenvalue weighted by Gasteiger charge is 2.05. The summed E-state index contributed by atoms with van der Waals surface area (Å²) >= 11 is 0. The lowest BCUT2D eigenvalue weighted by molar-refractivity contribution is 0.402. The predicted octanol–water partition coefficient (Wildman–Crippen LogP) is 4.31. The van der Waals surface area contributed by atoms with Crippen LogP contribution in [-0.2, 0) is 0 Å². The number of nitrogens with zero attached hydrogens (tertiary/aromatic N) is 2. The first-order chi connectivity index (χ1) is 12.1. The van der Waals surface area contributed by atoms with Gasteiger partial charge in [-0.25, -0.2) is 4.98 Å². The quantitative estimate of drug-likeness (QED) is 0.557. The van der Waals surface area contributed by atoms with Crippen LogP contribution in [-0.4, -0.2) is 25.4 Å². The van der Waals surface area contributed by atoms with Crippen LogP contribution >= 0.6 is 0 Å². The van der Waals surface area contributed by atoms with Crippen LogP contribution in [0.4, 0.5) is 5.82 Å². The fraction of sp³-hybridized carbons (Fsp3) is 0.200. The second kappa shape index (κ2) is 7.21. The zero-order valence-corrected chi connectivity index (χ0v) is 14.8. The van der Waals surface area contributed by atoms with Crippen LogP contribution in [0.25, 0.3) is 10.9 Å². The maximum Gasteiger partial charge on any atom is 0.149 e. The molecule has 0 radical (unpaired) electrons. The summed E-state index contributed by atoms with van der Waals surface area (Å²) in [6, 6.07) is 13.9. The smallest absolute Gasteiger partial charge is 0.149 e. The molecule has 3 rings (SSSR count). The number of anilines is 1. The van der Waals surface area contributed by atoms with Crippen LogP contribution < -0.4 is 14.9 Å². The number of pyridine rings is 1. The highest BCUT2D eigenvalue weighted by Crippen LogP contribution is 2.23. The molecule has 0 amide bonds. The summed E-state index contributed by atoms with van der Waals surface area (Å²) in [7, 11) is 3.26. The Hall–Kier alpha value is -3.08. The van der Waals surface area contributed by atoms with E-state index in [0.717, 1.165) is 39.3 Å². The summed E-state index contributed by atoms with van der Waals surface area (Å²) in [6.45, 7) is 4.07. The maximum atomic E-state index is 5.35. The molecule has 25 heavy (non-hydrogen) atoms. The number of rotatable bonds is 5. The van der Waals surface area contributed by atoms with E-state index in [9.17, 15) is 0 Å². The van der Waals surface area contributed by atoms with Gasteiger partial charge in [-0.15, -0.1) is 0 Å². The number of benzene rings is 2. The standard InChI is InChI=1S/C20H21N3O2/c1-13-5-6-15-10-14(2)20(22-18(15)9-13)23-21-12-16-11-17(24-3)7-8-19(16)25-4/h5-12H,1-4H3,(H,22,23)/b21-12+. The van der Waals surface area contributed by atoms with E-state index in [1.807, 2.05) is 25.1 Å². The second-order valence-corrected chi connectivity index (χ2v) is 5.83. The van der Waals surface area contributed by atoms with Gasteiger partial charge in [0.1, 0.15) is 17.3 Å². The Morgan fingerprint density at radius 1 is 1.00 bits per heavy atom. The van der Waals surface area contributed by atoms with E-state index in [1.54, 1.807) is 20.4 Å². The third kappa shape index (κ3) is 3.71. The summed E-state index contributed by atoms with van der Waals surface area (Å²) in [5.74, 6) is 2.21. The largest absolute Gasteiger partial charge is 0.497 e. The van der Waals surface area contributed by atoms with E-state index >= 15 is 0 Å². The van der Waals surface area contributed by atoms with Gasteiger partial charge in [0.25, 0.3) is 0 Å². The molecule has 0 saturated carbocycles. The molecule has 0 saturated heterocycles. The SMILES string of the molecule is COc1ccc(OC)c(/C=N/Nc2nc3cc(C)ccc3cc2C)c1. The lowest BCUT2D eigenvalue weighted by atomic mass is 10.1. The van der Waals surface area contributed by atoms with Gasteiger partial charge in [-0.1, -0.05) is 12.1 Å². The van der Waals surface area contributed by atoms with E-state index in [2.05, 4.69) is 46.7 Å². The lowest BCUT2D eigenvalue weighted by Crippen LogP contribution is -1.98. The molecular formula is C20H21N3O2. The van der Waals surface area contributed by atoms with Crippen molar-refractivity contribution >= 4 is 22.9 Å². The minimum absolute atomic E-state index is 0.727. The van der Waals surface area contributed by atoms with Gasteiger partial charge in [0.15, 0.2) is 0 Å². The van der Waals surface area contributed by atoms with Gasteiger partial charge < -0.3 is 9.47 Å². The van der Waals surface area contributed by atoms with Gasteiger partial charge in [0, 0.05) is 10.9 Å². The molecule has 0 unspecified atom stereocenters. The molecule has 0 aliphatic carbocycles. The van der Waals surface area contributed by atoms with Crippen LogP contribution in [0.5, 0.6) is 11.5 Å². The van der Waals surface area contributed by atoms with E-state index in [1.165, 1.54) is 5.56 Å². The molecule has 1 heterocycles. The fourth-order valence-electron chi connectivity index (χ4n) is 2.60. The monoisotopic (exact) mass is 335 g/mol. The van der Waals surface area contributed by atoms with E-state index in [-0.39, 0.29) is 0 Å². The van der Waals surface area contributed by atoms with Crippen LogP contribution in [0.1, 0.15) is 16.7 Å². The van der Waals surface area contributed by atoms with Crippen molar-refractivity contribution in [3.63, 3.8) is 0 Å². The summed E-state index contributed by atoms with van der Waals surface area (Å²) in [5, 5.41) is 5.43. The highest BCUT2D eigenvalue weighted by atomic mass is 16.5. The predicted molar refractivity (Wildman–Crippen MR) is 102 cm³/mol. The van der Waals surface area contributed by atoms with Gasteiger partial charge in [-0.2, -0.15) is 5.10 Å². The van der Waals surface area contributed by atoms with Crippen LogP contribution in [0.15, 0.2) is 47.6 Å². The van der Waals surface area contributed by atoms with Crippen molar-refractivity contribution in [2.45, 2.75) is 13.8 Å². The molecule has 3 aromatic rings. The Balaban J connectivity index is 1.87. The van der Waals surface area contributed by atoms with Crippen molar-refractivity contribution in [2.24, 2.45) is 5.10 Å². The van der Waals surface area contributed by atoms with Crippen LogP contribution in [0.3, 0.4) is 0 Å². The Bertz CT molecular complexity index is 936. The molecule has 0 bridgehead atoms. The Morgan fingerprint density at radius 3 is 2.60 bits per heavy atom. The van der Waals surface area contributed by atoms with E-state index in [0.29, 0.717) is 0 Å². The summed E-state index contributed by atoms with van der Waals surface area (Å²) < 4.78 is 10.6. The Labute approximate surface area is 147 Å². The lowest BCUT2D eigenvalue weighted by Gasteiger charge is -2.08. The topological polar surface area (TPSA) is 55.7 Å². The first-order valence-corrected chi connectivity index (χ1v) is 8.00. The fourth-order valence-corrected chi connectivity index (χ4v) is 2.60. The van der Waals surface area contributed by atoms with Gasteiger partial charge in [0.2, 0.25) is 0 Å². The third-order valence-electron chi connectivity index (χ3n) is 3.97. The molecule has 5 nitrogen and oxygen atoms in total. The molecule has 0 aliphatic heterocycles. The number of nitrogens with one attached hydrogen (secondary N) is 1. The van der Waals surface area contributed by atoms with Gasteiger partial charge >= 0.3 is 0 Å². The Morgan fingerprint density at radius 2 is 1.84 bits per heavy atom. The van der Waals surface area contributed by atoms with Crippen molar-refractivity contribution in [1.82, 2.24) is 4.98 Å². The molecule has 1 N–H and O–H groups in total. The van der Waals surface area contributed by atoms with Crippen LogP contribution in [0, 0.1) is 13.8 Å². The molecule has 128 valence electrons. The molecule has 0 atom stereocenters. The molecule has 5 heteroatoms. The van der Waals surface area contributed by atoms with Gasteiger partial charge in [0.05, 0.1) is 26.0 Å². The number of fused-ring (bicyclic) bond motifs is 1. The minimum atomic E-state index is 0.727. The van der Waals surface area contributed by atoms with Crippen LogP contribution in [0.2, 0.25) is 0 Å². The van der Waals surface area contributed by atoms with E-state index in [4.69, 9.17) is 9.47 Å². The first-order valence-electron chi connectivity index (χ1n) is 8.00. The van der Waals surface area contributed by atoms with E-state index < -0.39 is 0 Å². The molecule has 1 aromatic heterocycles. The zero-order chi connectivity index (χ0) is 17.8.